The number of nitrogen functional groups attached to an aromatic ring is 1. The van der Waals surface area contributed by atoms with Gasteiger partial charge in [0.25, 0.3) is 0 Å². The molecule has 0 aliphatic carbocycles. The first-order chi connectivity index (χ1) is 21.0. The number of alkyl halides is 1. The molecule has 1 aromatic carbocycles. The molecule has 5 heterocycles. The fourth-order valence-corrected chi connectivity index (χ4v) is 7.00. The Morgan fingerprint density at radius 2 is 2.11 bits per heavy atom. The van der Waals surface area contributed by atoms with Crippen LogP contribution >= 0.6 is 11.6 Å². The molecule has 3 unspecified atom stereocenters. The molecule has 3 atom stereocenters. The number of pyridine rings is 1. The van der Waals surface area contributed by atoms with Gasteiger partial charge in [-0.2, -0.15) is 9.97 Å². The molecule has 2 aromatic heterocycles. The van der Waals surface area contributed by atoms with E-state index in [1.807, 2.05) is 0 Å². The Kier molecular flexibility index (Phi) is 8.02. The van der Waals surface area contributed by atoms with Gasteiger partial charge in [0.05, 0.1) is 32.4 Å². The zero-order valence-corrected chi connectivity index (χ0v) is 25.7. The van der Waals surface area contributed by atoms with Gasteiger partial charge in [-0.25, -0.2) is 13.8 Å². The van der Waals surface area contributed by atoms with Crippen LogP contribution < -0.4 is 20.1 Å². The average molecular weight is 632 g/mol. The molecule has 3 saturated heterocycles. The largest absolute Gasteiger partial charge is 0.480 e. The molecule has 3 aliphatic heterocycles. The predicted octanol–water partition coefficient (Wildman–Crippen LogP) is 3.92. The summed E-state index contributed by atoms with van der Waals surface area (Å²) >= 11 is 6.44. The summed E-state index contributed by atoms with van der Waals surface area (Å²) in [6.45, 7) is 5.45. The van der Waals surface area contributed by atoms with Gasteiger partial charge in [-0.05, 0) is 44.9 Å². The minimum absolute atomic E-state index is 0.0215. The third kappa shape index (κ3) is 5.29. The van der Waals surface area contributed by atoms with E-state index in [4.69, 9.17) is 41.9 Å². The predicted molar refractivity (Wildman–Crippen MR) is 164 cm³/mol. The number of methoxy groups -OCH3 is 1. The minimum atomic E-state index is -1.23. The number of anilines is 2. The van der Waals surface area contributed by atoms with Crippen LogP contribution in [0.2, 0.25) is 5.02 Å². The van der Waals surface area contributed by atoms with E-state index in [-0.39, 0.29) is 82.5 Å². The van der Waals surface area contributed by atoms with Crippen molar-refractivity contribution in [3.63, 3.8) is 0 Å². The van der Waals surface area contributed by atoms with E-state index in [1.54, 1.807) is 18.7 Å². The van der Waals surface area contributed by atoms with Crippen LogP contribution in [0.3, 0.4) is 0 Å². The van der Waals surface area contributed by atoms with Crippen LogP contribution in [-0.4, -0.2) is 102 Å². The number of rotatable bonds is 7. The number of nitrogens with zero attached hydrogens (tertiary/aromatic N) is 5. The monoisotopic (exact) mass is 631 g/mol. The maximum Gasteiger partial charge on any atom is 0.319 e. The molecule has 0 spiro atoms. The van der Waals surface area contributed by atoms with E-state index < -0.39 is 23.1 Å². The maximum absolute atomic E-state index is 16.8. The zero-order chi connectivity index (χ0) is 31.4. The van der Waals surface area contributed by atoms with Gasteiger partial charge in [0.1, 0.15) is 40.8 Å². The lowest BCUT2D eigenvalue weighted by atomic mass is 9.95. The lowest BCUT2D eigenvalue weighted by molar-refractivity contribution is -0.0123. The molecule has 44 heavy (non-hydrogen) atoms. The Hall–Kier alpha value is -3.39. The lowest BCUT2D eigenvalue weighted by Crippen LogP contribution is -2.44. The van der Waals surface area contributed by atoms with Crippen molar-refractivity contribution < 1.29 is 28.1 Å². The van der Waals surface area contributed by atoms with Gasteiger partial charge >= 0.3 is 6.01 Å². The van der Waals surface area contributed by atoms with E-state index in [9.17, 15) is 9.50 Å². The molecule has 6 rings (SSSR count). The molecule has 3 aliphatic rings. The fourth-order valence-electron chi connectivity index (χ4n) is 6.79. The van der Waals surface area contributed by atoms with Gasteiger partial charge in [-0.1, -0.05) is 11.6 Å². The van der Waals surface area contributed by atoms with Crippen LogP contribution in [0.25, 0.3) is 22.2 Å². The van der Waals surface area contributed by atoms with E-state index in [0.29, 0.717) is 25.1 Å². The minimum Gasteiger partial charge on any atom is -0.480 e. The van der Waals surface area contributed by atoms with E-state index in [2.05, 4.69) is 14.9 Å². The molecule has 236 valence electrons. The molecular formula is C30H36ClF2N7O4. The van der Waals surface area contributed by atoms with Crippen molar-refractivity contribution in [3.05, 3.63) is 28.0 Å². The molecular weight excluding hydrogens is 596 g/mol. The number of benzene rings is 1. The highest BCUT2D eigenvalue weighted by Gasteiger charge is 2.49. The molecule has 11 nitrogen and oxygen atoms in total. The van der Waals surface area contributed by atoms with Crippen molar-refractivity contribution in [2.45, 2.75) is 50.4 Å². The summed E-state index contributed by atoms with van der Waals surface area (Å²) in [5, 5.41) is 19.4. The first kappa shape index (κ1) is 30.6. The summed E-state index contributed by atoms with van der Waals surface area (Å²) in [7, 11) is 1.40. The highest BCUT2D eigenvalue weighted by Crippen LogP contribution is 2.43. The van der Waals surface area contributed by atoms with Gasteiger partial charge < -0.3 is 35.4 Å². The number of aromatic nitrogens is 3. The quantitative estimate of drug-likeness (QED) is 0.259. The van der Waals surface area contributed by atoms with E-state index in [0.717, 1.165) is 25.6 Å². The Morgan fingerprint density at radius 3 is 2.86 bits per heavy atom. The highest BCUT2D eigenvalue weighted by molar-refractivity contribution is 6.32. The standard InChI is InChI=1S/C30H36ClF2N7O4/c1-16-19(31)9-20(35)18(11-34)21(16)24-23(33)25-22(27(36-24)42-3)26(39-7-8-43-14-29(2,41)13-39)38-28(37-25)44-15-30-5-4-6-40(30)12-17(32)10-30/h9,11,17,34,41H,4-8,10,12-15,35H2,1-3H3. The molecule has 0 saturated carbocycles. The zero-order valence-electron chi connectivity index (χ0n) is 24.9. The van der Waals surface area contributed by atoms with E-state index >= 15 is 4.39 Å². The Balaban J connectivity index is 1.55. The maximum atomic E-state index is 16.8. The second kappa shape index (κ2) is 11.5. The number of ether oxygens (including phenoxy) is 3. The topological polar surface area (TPSA) is 143 Å². The highest BCUT2D eigenvalue weighted by atomic mass is 35.5. The van der Waals surface area contributed by atoms with E-state index in [1.165, 1.54) is 13.2 Å². The summed E-state index contributed by atoms with van der Waals surface area (Å²) in [5.74, 6) is -0.547. The SMILES string of the molecule is COc1nc(-c2c(C)c(Cl)cc(N)c2C=N)c(F)c2nc(OCC34CCCN3CC(F)C4)nc(N3CCOCC(C)(O)C3)c12. The van der Waals surface area contributed by atoms with Crippen LogP contribution in [0.1, 0.15) is 37.3 Å². The molecule has 0 bridgehead atoms. The summed E-state index contributed by atoms with van der Waals surface area (Å²) in [6, 6.07) is 1.40. The number of halogens is 3. The molecule has 0 amide bonds. The summed E-state index contributed by atoms with van der Waals surface area (Å²) in [6.07, 6.45) is 2.13. The van der Waals surface area contributed by atoms with Crippen molar-refractivity contribution in [2.75, 3.05) is 63.7 Å². The van der Waals surface area contributed by atoms with Crippen molar-refractivity contribution in [1.29, 1.82) is 5.41 Å². The normalized spacial score (nSPS) is 25.7. The first-order valence-corrected chi connectivity index (χ1v) is 15.0. The number of nitrogens with one attached hydrogen (secondary N) is 1. The number of fused-ring (bicyclic) bond motifs is 2. The van der Waals surface area contributed by atoms with Gasteiger partial charge in [-0.3, -0.25) is 4.90 Å². The van der Waals surface area contributed by atoms with Crippen LogP contribution in [0.4, 0.5) is 20.3 Å². The summed E-state index contributed by atoms with van der Waals surface area (Å²) in [4.78, 5) is 17.6. The van der Waals surface area contributed by atoms with Gasteiger partial charge in [0.2, 0.25) is 5.88 Å². The Morgan fingerprint density at radius 1 is 1.32 bits per heavy atom. The number of aliphatic hydroxyl groups is 1. The number of β-amino-alcohol motifs (C(OH)–C–C–N with tert-alkyl or cyclic N) is 1. The third-order valence-electron chi connectivity index (χ3n) is 8.86. The second-order valence-corrected chi connectivity index (χ2v) is 12.6. The Labute approximate surface area is 258 Å². The van der Waals surface area contributed by atoms with Crippen molar-refractivity contribution >= 4 is 40.2 Å². The van der Waals surface area contributed by atoms with Crippen molar-refractivity contribution in [2.24, 2.45) is 0 Å². The van der Waals surface area contributed by atoms with Crippen LogP contribution in [0.5, 0.6) is 11.9 Å². The molecule has 3 fully saturated rings. The molecule has 14 heteroatoms. The van der Waals surface area contributed by atoms with Crippen LogP contribution in [0.15, 0.2) is 6.07 Å². The summed E-state index contributed by atoms with van der Waals surface area (Å²) in [5.41, 5.74) is 5.31. The number of hydrogen-bond acceptors (Lipinski definition) is 11. The number of hydrogen-bond donors (Lipinski definition) is 3. The van der Waals surface area contributed by atoms with Crippen LogP contribution in [0, 0.1) is 18.2 Å². The number of nitrogens with two attached hydrogens (primary N) is 1. The third-order valence-corrected chi connectivity index (χ3v) is 9.26. The lowest BCUT2D eigenvalue weighted by Gasteiger charge is -2.31. The van der Waals surface area contributed by atoms with Crippen LogP contribution in [-0.2, 0) is 4.74 Å². The molecule has 3 aromatic rings. The smallest absolute Gasteiger partial charge is 0.319 e. The molecule has 4 N–H and O–H groups in total. The molecule has 0 radical (unpaired) electrons. The van der Waals surface area contributed by atoms with Gasteiger partial charge in [0, 0.05) is 47.6 Å². The van der Waals surface area contributed by atoms with Crippen molar-refractivity contribution in [3.8, 4) is 23.1 Å². The van der Waals surface area contributed by atoms with Gasteiger partial charge in [0.15, 0.2) is 5.82 Å². The second-order valence-electron chi connectivity index (χ2n) is 12.2. The average Bonchev–Trinajstić information content (AvgIpc) is 3.44. The first-order valence-electron chi connectivity index (χ1n) is 14.6. The Bertz CT molecular complexity index is 1630. The summed E-state index contributed by atoms with van der Waals surface area (Å²) < 4.78 is 48.8. The van der Waals surface area contributed by atoms with Crippen molar-refractivity contribution in [1.82, 2.24) is 19.9 Å². The fraction of sp³-hybridized carbons (Fsp3) is 0.533. The van der Waals surface area contributed by atoms with Gasteiger partial charge in [-0.15, -0.1) is 0 Å².